The van der Waals surface area contributed by atoms with Gasteiger partial charge in [-0.2, -0.15) is 0 Å². The van der Waals surface area contributed by atoms with Crippen molar-refractivity contribution in [2.75, 3.05) is 0 Å². The molecule has 0 bridgehead atoms. The summed E-state index contributed by atoms with van der Waals surface area (Å²) in [7, 11) is 0. The van der Waals surface area contributed by atoms with Crippen LogP contribution in [0.5, 0.6) is 0 Å². The molecule has 4 heteroatoms. The van der Waals surface area contributed by atoms with Crippen molar-refractivity contribution in [3.05, 3.63) is 58.7 Å². The zero-order valence-corrected chi connectivity index (χ0v) is 18.6. The van der Waals surface area contributed by atoms with Gasteiger partial charge in [0.25, 0.3) is 0 Å². The van der Waals surface area contributed by atoms with Crippen LogP contribution in [0.15, 0.2) is 30.5 Å². The Bertz CT molecular complexity index is 961. The summed E-state index contributed by atoms with van der Waals surface area (Å²) >= 11 is 0. The molecule has 2 N–H and O–H groups in total. The number of H-pyrrole nitrogens is 1. The predicted octanol–water partition coefficient (Wildman–Crippen LogP) is 5.89. The standard InChI is InChI=1S/C26H34N2O2/c1-18-17-27-24(28-18)23(29)15-20-7-8-21(26(30)11-5-4-6-12-26)16-22(20)19-9-13-25(2,3)14-10-19/h7-9,16-17,30H,4-6,10-15H2,1-3H3,(H,27,28). The largest absolute Gasteiger partial charge is 0.385 e. The number of hydrogen-bond acceptors (Lipinski definition) is 3. The van der Waals surface area contributed by atoms with Gasteiger partial charge in [-0.15, -0.1) is 0 Å². The molecule has 1 heterocycles. The normalized spacial score (nSPS) is 20.6. The summed E-state index contributed by atoms with van der Waals surface area (Å²) in [5.41, 5.74) is 4.97. The second-order valence-corrected chi connectivity index (χ2v) is 10.1. The number of aryl methyl sites for hydroxylation is 1. The number of nitrogens with one attached hydrogen (secondary N) is 1. The Kier molecular flexibility index (Phi) is 5.71. The number of ketones is 1. The molecule has 0 radical (unpaired) electrons. The van der Waals surface area contributed by atoms with Gasteiger partial charge in [-0.25, -0.2) is 4.98 Å². The van der Waals surface area contributed by atoms with Gasteiger partial charge in [-0.3, -0.25) is 4.79 Å². The topological polar surface area (TPSA) is 66.0 Å². The lowest BCUT2D eigenvalue weighted by Crippen LogP contribution is -2.28. The number of carbonyl (C=O) groups is 1. The molecule has 2 aromatic rings. The first-order chi connectivity index (χ1) is 14.3. The highest BCUT2D eigenvalue weighted by Crippen LogP contribution is 2.42. The van der Waals surface area contributed by atoms with Crippen molar-refractivity contribution < 1.29 is 9.90 Å². The van der Waals surface area contributed by atoms with E-state index >= 15 is 0 Å². The van der Waals surface area contributed by atoms with Crippen LogP contribution < -0.4 is 0 Å². The highest BCUT2D eigenvalue weighted by atomic mass is 16.3. The summed E-state index contributed by atoms with van der Waals surface area (Å²) in [5.74, 6) is 0.428. The van der Waals surface area contributed by atoms with E-state index in [4.69, 9.17) is 0 Å². The van der Waals surface area contributed by atoms with Crippen LogP contribution >= 0.6 is 0 Å². The van der Waals surface area contributed by atoms with Crippen LogP contribution in [0.4, 0.5) is 0 Å². The highest BCUT2D eigenvalue weighted by Gasteiger charge is 2.32. The Morgan fingerprint density at radius 1 is 1.17 bits per heavy atom. The summed E-state index contributed by atoms with van der Waals surface area (Å²) in [4.78, 5) is 20.1. The average molecular weight is 407 g/mol. The fourth-order valence-corrected chi connectivity index (χ4v) is 4.88. The van der Waals surface area contributed by atoms with Crippen LogP contribution in [0.3, 0.4) is 0 Å². The number of rotatable bonds is 5. The Morgan fingerprint density at radius 3 is 2.57 bits per heavy atom. The van der Waals surface area contributed by atoms with Crippen molar-refractivity contribution in [2.45, 2.75) is 84.2 Å². The number of nitrogens with zero attached hydrogens (tertiary/aromatic N) is 1. The van der Waals surface area contributed by atoms with Crippen molar-refractivity contribution in [3.63, 3.8) is 0 Å². The van der Waals surface area contributed by atoms with Crippen molar-refractivity contribution in [1.82, 2.24) is 9.97 Å². The quantitative estimate of drug-likeness (QED) is 0.609. The first-order valence-corrected chi connectivity index (χ1v) is 11.4. The van der Waals surface area contributed by atoms with E-state index in [0.717, 1.165) is 67.3 Å². The highest BCUT2D eigenvalue weighted by molar-refractivity contribution is 5.95. The van der Waals surface area contributed by atoms with Crippen molar-refractivity contribution >= 4 is 11.4 Å². The van der Waals surface area contributed by atoms with Gasteiger partial charge in [0.2, 0.25) is 5.78 Å². The second kappa shape index (κ2) is 8.14. The number of aromatic amines is 1. The van der Waals surface area contributed by atoms with Gasteiger partial charge in [0, 0.05) is 18.3 Å². The fraction of sp³-hybridized carbons (Fsp3) is 0.538. The van der Waals surface area contributed by atoms with Gasteiger partial charge >= 0.3 is 0 Å². The molecule has 1 aromatic carbocycles. The number of hydrogen-bond donors (Lipinski definition) is 2. The minimum Gasteiger partial charge on any atom is -0.385 e. The molecular weight excluding hydrogens is 372 g/mol. The molecule has 1 aromatic heterocycles. The molecule has 0 saturated heterocycles. The number of aliphatic hydroxyl groups is 1. The lowest BCUT2D eigenvalue weighted by molar-refractivity contribution is -0.000657. The maximum Gasteiger partial charge on any atom is 0.202 e. The summed E-state index contributed by atoms with van der Waals surface area (Å²) < 4.78 is 0. The SMILES string of the molecule is Cc1cnc(C(=O)Cc2ccc(C3(O)CCCCC3)cc2C2=CCC(C)(C)CC2)[nH]1. The number of benzene rings is 1. The molecule has 0 amide bonds. The number of carbonyl (C=O) groups excluding carboxylic acids is 1. The molecular formula is C26H34N2O2. The van der Waals surface area contributed by atoms with Gasteiger partial charge in [0.1, 0.15) is 0 Å². The Hall–Kier alpha value is -2.20. The third-order valence-electron chi connectivity index (χ3n) is 6.96. The molecule has 1 saturated carbocycles. The van der Waals surface area contributed by atoms with Gasteiger partial charge < -0.3 is 10.1 Å². The number of imidazole rings is 1. The lowest BCUT2D eigenvalue weighted by atomic mass is 9.74. The third-order valence-corrected chi connectivity index (χ3v) is 6.96. The third kappa shape index (κ3) is 4.44. The van der Waals surface area contributed by atoms with E-state index in [9.17, 15) is 9.90 Å². The zero-order valence-electron chi connectivity index (χ0n) is 18.6. The van der Waals surface area contributed by atoms with Crippen LogP contribution in [0.25, 0.3) is 5.57 Å². The number of allylic oxidation sites excluding steroid dienone is 2. The molecule has 0 spiro atoms. The first kappa shape index (κ1) is 21.0. The monoisotopic (exact) mass is 406 g/mol. The molecule has 0 atom stereocenters. The van der Waals surface area contributed by atoms with Gasteiger partial charge in [-0.1, -0.05) is 51.3 Å². The van der Waals surface area contributed by atoms with Gasteiger partial charge in [0.15, 0.2) is 5.82 Å². The lowest BCUT2D eigenvalue weighted by Gasteiger charge is -2.34. The van der Waals surface area contributed by atoms with E-state index in [1.54, 1.807) is 6.20 Å². The molecule has 0 aliphatic heterocycles. The molecule has 2 aliphatic rings. The van der Waals surface area contributed by atoms with E-state index in [2.05, 4.69) is 42.0 Å². The van der Waals surface area contributed by atoms with Gasteiger partial charge in [-0.05, 0) is 72.8 Å². The Morgan fingerprint density at radius 2 is 1.93 bits per heavy atom. The number of Topliss-reactive ketones (excluding diaryl/α,β-unsaturated/α-hetero) is 1. The van der Waals surface area contributed by atoms with Crippen LogP contribution in [-0.2, 0) is 12.0 Å². The second-order valence-electron chi connectivity index (χ2n) is 10.1. The molecule has 160 valence electrons. The number of aromatic nitrogens is 2. The Labute approximate surface area is 179 Å². The summed E-state index contributed by atoms with van der Waals surface area (Å²) in [6, 6.07) is 6.27. The van der Waals surface area contributed by atoms with Crippen molar-refractivity contribution in [3.8, 4) is 0 Å². The summed E-state index contributed by atoms with van der Waals surface area (Å²) in [5, 5.41) is 11.3. The molecule has 2 aliphatic carbocycles. The maximum absolute atomic E-state index is 12.9. The molecule has 0 unspecified atom stereocenters. The van der Waals surface area contributed by atoms with Crippen LogP contribution in [0.2, 0.25) is 0 Å². The molecule has 30 heavy (non-hydrogen) atoms. The fourth-order valence-electron chi connectivity index (χ4n) is 4.88. The van der Waals surface area contributed by atoms with Crippen LogP contribution in [0.1, 0.15) is 98.2 Å². The van der Waals surface area contributed by atoms with Crippen molar-refractivity contribution in [1.29, 1.82) is 0 Å². The molecule has 4 nitrogen and oxygen atoms in total. The smallest absolute Gasteiger partial charge is 0.202 e. The zero-order chi connectivity index (χ0) is 21.4. The van der Waals surface area contributed by atoms with Crippen LogP contribution in [0, 0.1) is 12.3 Å². The van der Waals surface area contributed by atoms with E-state index in [-0.39, 0.29) is 5.78 Å². The average Bonchev–Trinajstić information content (AvgIpc) is 3.15. The minimum atomic E-state index is -0.734. The maximum atomic E-state index is 12.9. The minimum absolute atomic E-state index is 0.00483. The van der Waals surface area contributed by atoms with E-state index in [0.29, 0.717) is 17.7 Å². The predicted molar refractivity (Wildman–Crippen MR) is 120 cm³/mol. The molecule has 4 rings (SSSR count). The Balaban J connectivity index is 1.69. The summed E-state index contributed by atoms with van der Waals surface area (Å²) in [6.45, 7) is 6.53. The summed E-state index contributed by atoms with van der Waals surface area (Å²) in [6.07, 6.45) is 12.5. The molecule has 1 fully saturated rings. The van der Waals surface area contributed by atoms with Crippen molar-refractivity contribution in [2.24, 2.45) is 5.41 Å². The van der Waals surface area contributed by atoms with Gasteiger partial charge in [0.05, 0.1) is 5.60 Å². The first-order valence-electron chi connectivity index (χ1n) is 11.4. The van der Waals surface area contributed by atoms with E-state index in [1.165, 1.54) is 12.0 Å². The van der Waals surface area contributed by atoms with E-state index in [1.807, 2.05) is 13.0 Å². The van der Waals surface area contributed by atoms with E-state index < -0.39 is 5.60 Å². The van der Waals surface area contributed by atoms with Crippen LogP contribution in [-0.4, -0.2) is 20.9 Å².